The molecular weight excluding hydrogens is 382 g/mol. The molecule has 0 spiro atoms. The number of methoxy groups -OCH3 is 3. The average Bonchev–Trinajstić information content (AvgIpc) is 3.23. The van der Waals surface area contributed by atoms with Crippen LogP contribution in [0.2, 0.25) is 0 Å². The third-order valence-corrected chi connectivity index (χ3v) is 5.03. The summed E-state index contributed by atoms with van der Waals surface area (Å²) in [5.41, 5.74) is 5.24. The molecule has 0 aliphatic carbocycles. The number of H-pyrrole nitrogens is 1. The quantitative estimate of drug-likeness (QED) is 0.655. The van der Waals surface area contributed by atoms with E-state index in [-0.39, 0.29) is 5.91 Å². The molecule has 2 aromatic heterocycles. The summed E-state index contributed by atoms with van der Waals surface area (Å²) in [6, 6.07) is 9.54. The predicted octanol–water partition coefficient (Wildman–Crippen LogP) is 3.56. The number of hydrogen-bond acceptors (Lipinski definition) is 5. The molecular formula is C23H23N3O4. The lowest BCUT2D eigenvalue weighted by Gasteiger charge is -2.12. The number of rotatable bonds is 6. The van der Waals surface area contributed by atoms with Gasteiger partial charge in [0, 0.05) is 36.1 Å². The Bertz CT molecular complexity index is 1090. The molecule has 0 radical (unpaired) electrons. The van der Waals surface area contributed by atoms with Gasteiger partial charge in [-0.2, -0.15) is 0 Å². The van der Waals surface area contributed by atoms with Crippen molar-refractivity contribution < 1.29 is 19.0 Å². The summed E-state index contributed by atoms with van der Waals surface area (Å²) in [4.78, 5) is 19.8. The second-order valence-corrected chi connectivity index (χ2v) is 6.84. The molecule has 30 heavy (non-hydrogen) atoms. The van der Waals surface area contributed by atoms with Crippen molar-refractivity contribution in [3.63, 3.8) is 0 Å². The van der Waals surface area contributed by atoms with Crippen molar-refractivity contribution in [2.75, 3.05) is 27.9 Å². The first kappa shape index (κ1) is 19.6. The fourth-order valence-electron chi connectivity index (χ4n) is 3.54. The van der Waals surface area contributed by atoms with Crippen molar-refractivity contribution in [2.24, 2.45) is 0 Å². The lowest BCUT2D eigenvalue weighted by atomic mass is 10.1. The van der Waals surface area contributed by atoms with Crippen LogP contribution in [0.15, 0.2) is 36.5 Å². The van der Waals surface area contributed by atoms with E-state index < -0.39 is 0 Å². The van der Waals surface area contributed by atoms with Gasteiger partial charge in [0.05, 0.1) is 32.6 Å². The Kier molecular flexibility index (Phi) is 5.43. The Morgan fingerprint density at radius 1 is 1.00 bits per heavy atom. The molecule has 0 atom stereocenters. The lowest BCUT2D eigenvalue weighted by molar-refractivity contribution is 0.0946. The number of nitrogens with zero attached hydrogens (tertiary/aromatic N) is 1. The third-order valence-electron chi connectivity index (χ3n) is 5.03. The Labute approximate surface area is 174 Å². The van der Waals surface area contributed by atoms with Crippen LogP contribution in [0.5, 0.6) is 17.2 Å². The standard InChI is InChI=1S/C23H23N3O4/c1-28-20-10-14(11-21(29-2)22(20)30-3)4-5-16-12-15(6-8-24-16)19-13-17-18(26-19)7-9-25-23(17)27/h4-6,8,10-13,26H,7,9H2,1-3H3,(H,25,27)/b5-4+. The zero-order valence-corrected chi connectivity index (χ0v) is 17.1. The van der Waals surface area contributed by atoms with Crippen molar-refractivity contribution in [1.29, 1.82) is 0 Å². The summed E-state index contributed by atoms with van der Waals surface area (Å²) in [6.45, 7) is 0.658. The van der Waals surface area contributed by atoms with Crippen LogP contribution in [0, 0.1) is 0 Å². The summed E-state index contributed by atoms with van der Waals surface area (Å²) < 4.78 is 16.2. The minimum Gasteiger partial charge on any atom is -0.493 e. The van der Waals surface area contributed by atoms with Crippen molar-refractivity contribution in [1.82, 2.24) is 15.3 Å². The molecule has 3 heterocycles. The summed E-state index contributed by atoms with van der Waals surface area (Å²) in [7, 11) is 4.76. The van der Waals surface area contributed by atoms with Crippen molar-refractivity contribution in [3.8, 4) is 28.5 Å². The Hall–Kier alpha value is -3.74. The molecule has 1 aromatic carbocycles. The van der Waals surface area contributed by atoms with E-state index in [2.05, 4.69) is 15.3 Å². The second kappa shape index (κ2) is 8.32. The number of hydrogen-bond donors (Lipinski definition) is 2. The van der Waals surface area contributed by atoms with Gasteiger partial charge in [0.25, 0.3) is 5.91 Å². The van der Waals surface area contributed by atoms with Crippen LogP contribution in [0.1, 0.15) is 27.3 Å². The van der Waals surface area contributed by atoms with Crippen LogP contribution in [0.3, 0.4) is 0 Å². The summed E-state index contributed by atoms with van der Waals surface area (Å²) >= 11 is 0. The molecule has 1 aliphatic rings. The molecule has 0 saturated heterocycles. The van der Waals surface area contributed by atoms with Gasteiger partial charge in [-0.05, 0) is 42.0 Å². The molecule has 1 amide bonds. The van der Waals surface area contributed by atoms with Crippen LogP contribution in [0.25, 0.3) is 23.4 Å². The highest BCUT2D eigenvalue weighted by Gasteiger charge is 2.20. The molecule has 154 valence electrons. The first-order chi connectivity index (χ1) is 14.6. The first-order valence-corrected chi connectivity index (χ1v) is 9.57. The number of carbonyl (C=O) groups is 1. The third kappa shape index (κ3) is 3.74. The van der Waals surface area contributed by atoms with Crippen molar-refractivity contribution in [2.45, 2.75) is 6.42 Å². The molecule has 0 bridgehead atoms. The van der Waals surface area contributed by atoms with Crippen LogP contribution in [-0.2, 0) is 6.42 Å². The second-order valence-electron chi connectivity index (χ2n) is 6.84. The summed E-state index contributed by atoms with van der Waals surface area (Å²) in [6.07, 6.45) is 6.41. The molecule has 1 aliphatic heterocycles. The Balaban J connectivity index is 1.63. The van der Waals surface area contributed by atoms with E-state index in [4.69, 9.17) is 14.2 Å². The monoisotopic (exact) mass is 405 g/mol. The number of pyridine rings is 1. The number of carbonyl (C=O) groups excluding carboxylic acids is 1. The molecule has 7 heteroatoms. The van der Waals surface area contributed by atoms with Gasteiger partial charge in [-0.1, -0.05) is 6.08 Å². The largest absolute Gasteiger partial charge is 0.493 e. The predicted molar refractivity (Wildman–Crippen MR) is 115 cm³/mol. The van der Waals surface area contributed by atoms with E-state index in [9.17, 15) is 4.79 Å². The number of amides is 1. The summed E-state index contributed by atoms with van der Waals surface area (Å²) in [5, 5.41) is 2.87. The summed E-state index contributed by atoms with van der Waals surface area (Å²) in [5.74, 6) is 1.70. The maximum absolute atomic E-state index is 12.0. The maximum Gasteiger partial charge on any atom is 0.253 e. The van der Waals surface area contributed by atoms with Gasteiger partial charge in [0.2, 0.25) is 5.75 Å². The molecule has 0 saturated carbocycles. The van der Waals surface area contributed by atoms with Crippen LogP contribution < -0.4 is 19.5 Å². The van der Waals surface area contributed by atoms with Gasteiger partial charge >= 0.3 is 0 Å². The highest BCUT2D eigenvalue weighted by molar-refractivity contribution is 5.97. The van der Waals surface area contributed by atoms with E-state index in [0.29, 0.717) is 29.4 Å². The number of fused-ring (bicyclic) bond motifs is 1. The fourth-order valence-corrected chi connectivity index (χ4v) is 3.54. The molecule has 7 nitrogen and oxygen atoms in total. The SMILES string of the molecule is COc1cc(/C=C/c2cc(-c3cc4c([nH]3)CCNC4=O)ccn2)cc(OC)c1OC. The highest BCUT2D eigenvalue weighted by atomic mass is 16.5. The normalized spacial score (nSPS) is 13.1. The zero-order chi connectivity index (χ0) is 21.1. The average molecular weight is 405 g/mol. The van der Waals surface area contributed by atoms with Crippen LogP contribution in [-0.4, -0.2) is 43.7 Å². The number of ether oxygens (including phenoxy) is 3. The van der Waals surface area contributed by atoms with Gasteiger partial charge in [-0.25, -0.2) is 0 Å². The van der Waals surface area contributed by atoms with E-state index in [0.717, 1.165) is 34.6 Å². The molecule has 0 unspecified atom stereocenters. The number of aromatic nitrogens is 2. The van der Waals surface area contributed by atoms with Crippen molar-refractivity contribution in [3.05, 3.63) is 59.0 Å². The number of nitrogens with one attached hydrogen (secondary N) is 2. The van der Waals surface area contributed by atoms with Gasteiger partial charge in [-0.3, -0.25) is 9.78 Å². The van der Waals surface area contributed by atoms with Gasteiger partial charge < -0.3 is 24.5 Å². The van der Waals surface area contributed by atoms with E-state index in [1.54, 1.807) is 27.5 Å². The van der Waals surface area contributed by atoms with Gasteiger partial charge in [0.15, 0.2) is 11.5 Å². The van der Waals surface area contributed by atoms with Gasteiger partial charge in [-0.15, -0.1) is 0 Å². The maximum atomic E-state index is 12.0. The Morgan fingerprint density at radius 2 is 1.77 bits per heavy atom. The fraction of sp³-hybridized carbons (Fsp3) is 0.217. The Morgan fingerprint density at radius 3 is 2.43 bits per heavy atom. The van der Waals surface area contributed by atoms with E-state index in [1.165, 1.54) is 0 Å². The minimum absolute atomic E-state index is 0.0321. The molecule has 0 fully saturated rings. The van der Waals surface area contributed by atoms with Crippen LogP contribution >= 0.6 is 0 Å². The first-order valence-electron chi connectivity index (χ1n) is 9.57. The smallest absolute Gasteiger partial charge is 0.253 e. The lowest BCUT2D eigenvalue weighted by Crippen LogP contribution is -2.31. The highest BCUT2D eigenvalue weighted by Crippen LogP contribution is 2.38. The molecule has 2 N–H and O–H groups in total. The van der Waals surface area contributed by atoms with E-state index >= 15 is 0 Å². The van der Waals surface area contributed by atoms with Gasteiger partial charge in [0.1, 0.15) is 0 Å². The zero-order valence-electron chi connectivity index (χ0n) is 17.1. The van der Waals surface area contributed by atoms with E-state index in [1.807, 2.05) is 42.5 Å². The number of aromatic amines is 1. The number of benzene rings is 1. The topological polar surface area (TPSA) is 85.5 Å². The molecule has 4 rings (SSSR count). The van der Waals surface area contributed by atoms with Crippen molar-refractivity contribution >= 4 is 18.1 Å². The van der Waals surface area contributed by atoms with Crippen LogP contribution in [0.4, 0.5) is 0 Å². The molecule has 3 aromatic rings. The minimum atomic E-state index is -0.0321.